The molecule has 1 aliphatic heterocycles. The average Bonchev–Trinajstić information content (AvgIpc) is 3.25. The number of aliphatic hydroxyl groups is 1. The molecule has 234 valence electrons. The molecule has 0 radical (unpaired) electrons. The highest BCUT2D eigenvalue weighted by molar-refractivity contribution is 7.66. The largest absolute Gasteiger partial charge is 0.490 e. The van der Waals surface area contributed by atoms with Crippen LogP contribution in [0.1, 0.15) is 28.6 Å². The Bertz CT molecular complexity index is 1680. The molecule has 0 aliphatic carbocycles. The van der Waals surface area contributed by atoms with Crippen molar-refractivity contribution in [1.82, 2.24) is 14.9 Å². The Morgan fingerprint density at radius 2 is 1.84 bits per heavy atom. The van der Waals surface area contributed by atoms with Gasteiger partial charge in [0.15, 0.2) is 0 Å². The Morgan fingerprint density at radius 1 is 1.16 bits per heavy atom. The summed E-state index contributed by atoms with van der Waals surface area (Å²) in [7, 11) is -16.8. The number of nitrogens with one attached hydrogen (secondary N) is 2. The Balaban J connectivity index is 1.61. The van der Waals surface area contributed by atoms with E-state index >= 15 is 0 Å². The summed E-state index contributed by atoms with van der Waals surface area (Å²) in [6, 6.07) is 5.77. The Morgan fingerprint density at radius 3 is 2.47 bits per heavy atom. The van der Waals surface area contributed by atoms with Crippen molar-refractivity contribution in [2.45, 2.75) is 24.9 Å². The lowest BCUT2D eigenvalue weighted by atomic mass is 10.2. The quantitative estimate of drug-likeness (QED) is 0.0675. The van der Waals surface area contributed by atoms with Gasteiger partial charge in [0.05, 0.1) is 18.3 Å². The molecule has 2 heterocycles. The van der Waals surface area contributed by atoms with Crippen molar-refractivity contribution in [2.24, 2.45) is 5.11 Å². The van der Waals surface area contributed by atoms with E-state index in [1.165, 1.54) is 36.4 Å². The van der Waals surface area contributed by atoms with Crippen LogP contribution in [0.2, 0.25) is 0 Å². The summed E-state index contributed by atoms with van der Waals surface area (Å²) in [6.07, 6.45) is -0.562. The van der Waals surface area contributed by atoms with Crippen LogP contribution in [0.15, 0.2) is 51.2 Å². The Kier molecular flexibility index (Phi) is 11.2. The number of aliphatic hydroxyl groups excluding tert-OH is 1. The predicted octanol–water partition coefficient (Wildman–Crippen LogP) is 0.913. The summed E-state index contributed by atoms with van der Waals surface area (Å²) in [5.41, 5.74) is 7.23. The minimum Gasteiger partial charge on any atom is -0.390 e. The highest BCUT2D eigenvalue weighted by Gasteiger charge is 2.43. The lowest BCUT2D eigenvalue weighted by Crippen LogP contribution is -2.33. The molecule has 0 bridgehead atoms. The number of H-pyrrole nitrogens is 1. The number of azide groups is 1. The number of phosphoric acid groups is 3. The first-order valence-corrected chi connectivity index (χ1v) is 16.1. The third kappa shape index (κ3) is 10.5. The molecular weight excluding hydrogens is 645 g/mol. The number of carbonyl (C=O) groups excluding carboxylic acids is 1. The van der Waals surface area contributed by atoms with Gasteiger partial charge in [0.25, 0.3) is 11.5 Å². The first kappa shape index (κ1) is 34.2. The van der Waals surface area contributed by atoms with Crippen LogP contribution in [-0.2, 0) is 31.6 Å². The van der Waals surface area contributed by atoms with Gasteiger partial charge < -0.3 is 34.7 Å². The van der Waals surface area contributed by atoms with Gasteiger partial charge in [0.1, 0.15) is 12.3 Å². The molecule has 2 aromatic rings. The normalized spacial score (nSPS) is 21.6. The van der Waals surface area contributed by atoms with E-state index in [0.29, 0.717) is 5.69 Å². The minimum atomic E-state index is -5.75. The van der Waals surface area contributed by atoms with Crippen molar-refractivity contribution in [3.05, 3.63) is 78.9 Å². The third-order valence-electron chi connectivity index (χ3n) is 5.30. The number of aromatic amines is 1. The van der Waals surface area contributed by atoms with E-state index in [1.54, 1.807) is 0 Å². The fourth-order valence-electron chi connectivity index (χ4n) is 3.51. The summed E-state index contributed by atoms with van der Waals surface area (Å²) in [4.78, 5) is 77.5. The first-order chi connectivity index (χ1) is 20.0. The highest BCUT2D eigenvalue weighted by Crippen LogP contribution is 2.66. The number of hydrogen-bond donors (Lipinski definition) is 7. The van der Waals surface area contributed by atoms with Crippen LogP contribution >= 0.6 is 23.5 Å². The molecule has 1 fully saturated rings. The number of amides is 1. The number of carbonyl (C=O) groups is 1. The van der Waals surface area contributed by atoms with Gasteiger partial charge in [0, 0.05) is 35.3 Å². The number of benzene rings is 1. The van der Waals surface area contributed by atoms with Crippen LogP contribution in [-0.4, -0.2) is 65.5 Å². The molecule has 2 unspecified atom stereocenters. The van der Waals surface area contributed by atoms with E-state index in [-0.39, 0.29) is 24.1 Å². The number of aromatic nitrogens is 2. The Labute approximate surface area is 239 Å². The molecule has 0 spiro atoms. The fourth-order valence-corrected chi connectivity index (χ4v) is 6.54. The predicted molar refractivity (Wildman–Crippen MR) is 142 cm³/mol. The molecule has 1 aromatic heterocycles. The molecule has 1 saturated heterocycles. The molecule has 0 saturated carbocycles. The Hall–Kier alpha value is -3.25. The smallest absolute Gasteiger partial charge is 0.390 e. The second-order valence-corrected chi connectivity index (χ2v) is 12.8. The van der Waals surface area contributed by atoms with Crippen LogP contribution < -0.4 is 16.6 Å². The molecule has 1 aromatic carbocycles. The highest BCUT2D eigenvalue weighted by atomic mass is 31.3. The summed E-state index contributed by atoms with van der Waals surface area (Å²) < 4.78 is 52.0. The van der Waals surface area contributed by atoms with E-state index in [4.69, 9.17) is 20.1 Å². The molecule has 1 aliphatic rings. The molecule has 3 rings (SSSR count). The summed E-state index contributed by atoms with van der Waals surface area (Å²) in [6.45, 7) is -0.989. The van der Waals surface area contributed by atoms with Crippen molar-refractivity contribution >= 4 is 41.1 Å². The number of ether oxygens (including phenoxy) is 1. The van der Waals surface area contributed by atoms with Gasteiger partial charge in [-0.05, 0) is 17.7 Å². The maximum atomic E-state index is 12.4. The lowest BCUT2D eigenvalue weighted by molar-refractivity contribution is -0.0450. The van der Waals surface area contributed by atoms with Gasteiger partial charge in [-0.2, -0.15) is 8.62 Å². The van der Waals surface area contributed by atoms with Crippen LogP contribution in [0, 0.1) is 0 Å². The average molecular weight is 668 g/mol. The maximum Gasteiger partial charge on any atom is 0.490 e. The first-order valence-electron chi connectivity index (χ1n) is 11.6. The second-order valence-electron chi connectivity index (χ2n) is 8.42. The van der Waals surface area contributed by atoms with Crippen molar-refractivity contribution in [3.8, 4) is 0 Å². The van der Waals surface area contributed by atoms with Crippen molar-refractivity contribution in [2.75, 3.05) is 13.2 Å². The molecule has 7 N–H and O–H groups in total. The standard InChI is InChI=1S/C19H23N6O15P3/c20-24-23-13-5-3-11(4-6-13)17(27)21-7-1-2-12-9-25(19(29)22-18(12)28)16-8-14(26)15(38-16)10-37-42(33,34)40-43(35,36)39-41(30,31)32/h1-6,9,14-16,26H,7-8,10H2,(H,21,27)(H,33,34)(H,35,36)(H,22,28,29)(H2,30,31,32)/b2-1+/t14-,15+,16+/m0/s1. The van der Waals surface area contributed by atoms with Crippen LogP contribution in [0.3, 0.4) is 0 Å². The van der Waals surface area contributed by atoms with Gasteiger partial charge in [-0.1, -0.05) is 29.4 Å². The number of rotatable bonds is 13. The number of hydrogen-bond acceptors (Lipinski definition) is 12. The van der Waals surface area contributed by atoms with Crippen molar-refractivity contribution < 1.29 is 61.1 Å². The summed E-state index contributed by atoms with van der Waals surface area (Å²) >= 11 is 0. The monoisotopic (exact) mass is 668 g/mol. The van der Waals surface area contributed by atoms with Crippen molar-refractivity contribution in [3.63, 3.8) is 0 Å². The SMILES string of the molecule is [N-]=[N+]=Nc1ccc(C(=O)NC/C=C/c2cn([C@H]3C[C@H](O)[C@@H](COP(=O)(O)OP(=O)(O)OP(=O)(O)O)O3)c(=O)[nH]c2=O)cc1. The fraction of sp³-hybridized carbons (Fsp3) is 0.316. The van der Waals surface area contributed by atoms with Crippen molar-refractivity contribution in [1.29, 1.82) is 0 Å². The zero-order valence-electron chi connectivity index (χ0n) is 21.3. The van der Waals surface area contributed by atoms with Gasteiger partial charge in [0.2, 0.25) is 0 Å². The van der Waals surface area contributed by atoms with E-state index < -0.39 is 65.7 Å². The third-order valence-corrected chi connectivity index (χ3v) is 9.10. The van der Waals surface area contributed by atoms with Crippen LogP contribution in [0.25, 0.3) is 16.5 Å². The van der Waals surface area contributed by atoms with Crippen LogP contribution in [0.5, 0.6) is 0 Å². The zero-order chi connectivity index (χ0) is 32.0. The summed E-state index contributed by atoms with van der Waals surface area (Å²) in [5, 5.41) is 16.2. The van der Waals surface area contributed by atoms with E-state index in [2.05, 4.69) is 33.5 Å². The molecular formula is C19H23N6O15P3. The second kappa shape index (κ2) is 14.0. The number of phosphoric ester groups is 1. The maximum absolute atomic E-state index is 12.4. The number of nitrogens with zero attached hydrogens (tertiary/aromatic N) is 4. The van der Waals surface area contributed by atoms with E-state index in [1.807, 2.05) is 0 Å². The zero-order valence-corrected chi connectivity index (χ0v) is 24.0. The lowest BCUT2D eigenvalue weighted by Gasteiger charge is -2.19. The van der Waals surface area contributed by atoms with Gasteiger partial charge in [-0.15, -0.1) is 0 Å². The van der Waals surface area contributed by atoms with Gasteiger partial charge >= 0.3 is 29.2 Å². The van der Waals surface area contributed by atoms with Gasteiger partial charge in [-0.25, -0.2) is 18.5 Å². The summed E-state index contributed by atoms with van der Waals surface area (Å²) in [5.74, 6) is -0.466. The molecule has 5 atom stereocenters. The molecule has 24 heteroatoms. The van der Waals surface area contributed by atoms with E-state index in [0.717, 1.165) is 10.8 Å². The minimum absolute atomic E-state index is 0.0309. The van der Waals surface area contributed by atoms with Crippen LogP contribution in [0.4, 0.5) is 5.69 Å². The molecule has 1 amide bonds. The molecule has 43 heavy (non-hydrogen) atoms. The topological polar surface area (TPSA) is 322 Å². The van der Waals surface area contributed by atoms with Gasteiger partial charge in [-0.3, -0.25) is 23.7 Å². The van der Waals surface area contributed by atoms with E-state index in [9.17, 15) is 43.0 Å². The molecule has 21 nitrogen and oxygen atoms in total.